The Morgan fingerprint density at radius 3 is 3.00 bits per heavy atom. The van der Waals surface area contributed by atoms with E-state index in [-0.39, 0.29) is 6.10 Å². The van der Waals surface area contributed by atoms with E-state index in [4.69, 9.17) is 9.15 Å². The van der Waals surface area contributed by atoms with E-state index in [1.807, 2.05) is 38.1 Å². The zero-order valence-corrected chi connectivity index (χ0v) is 12.6. The number of ether oxygens (including phenoxy) is 1. The van der Waals surface area contributed by atoms with Gasteiger partial charge in [-0.3, -0.25) is 0 Å². The van der Waals surface area contributed by atoms with Crippen molar-refractivity contribution in [2.45, 2.75) is 45.3 Å². The highest BCUT2D eigenvalue weighted by molar-refractivity contribution is 5.58. The Balaban J connectivity index is 1.64. The third-order valence-electron chi connectivity index (χ3n) is 3.39. The minimum absolute atomic E-state index is 0.166. The lowest BCUT2D eigenvalue weighted by atomic mass is 10.2. The average molecular weight is 286 g/mol. The van der Waals surface area contributed by atoms with Crippen LogP contribution in [0.3, 0.4) is 0 Å². The number of aromatic nitrogens is 1. The van der Waals surface area contributed by atoms with Crippen LogP contribution >= 0.6 is 0 Å². The summed E-state index contributed by atoms with van der Waals surface area (Å²) in [6.07, 6.45) is 5.40. The molecule has 0 saturated heterocycles. The van der Waals surface area contributed by atoms with Crippen molar-refractivity contribution in [3.8, 4) is 17.1 Å². The zero-order valence-electron chi connectivity index (χ0n) is 12.6. The van der Waals surface area contributed by atoms with Gasteiger partial charge in [-0.15, -0.1) is 0 Å². The van der Waals surface area contributed by atoms with E-state index in [1.54, 1.807) is 6.20 Å². The van der Waals surface area contributed by atoms with Crippen LogP contribution in [0.25, 0.3) is 11.3 Å². The highest BCUT2D eigenvalue weighted by Crippen LogP contribution is 2.25. The molecule has 3 rings (SSSR count). The molecule has 112 valence electrons. The fraction of sp³-hybridized carbons (Fsp3) is 0.471. The zero-order chi connectivity index (χ0) is 14.7. The SMILES string of the molecule is CC(C)Oc1cccc(-c2cnc(CCNC3CC3)o2)c1. The summed E-state index contributed by atoms with van der Waals surface area (Å²) in [7, 11) is 0. The second-order valence-electron chi connectivity index (χ2n) is 5.79. The molecule has 0 atom stereocenters. The summed E-state index contributed by atoms with van der Waals surface area (Å²) < 4.78 is 11.5. The summed E-state index contributed by atoms with van der Waals surface area (Å²) >= 11 is 0. The van der Waals surface area contributed by atoms with Crippen LogP contribution in [0.1, 0.15) is 32.6 Å². The van der Waals surface area contributed by atoms with Crippen molar-refractivity contribution in [2.75, 3.05) is 6.54 Å². The van der Waals surface area contributed by atoms with Crippen molar-refractivity contribution in [3.63, 3.8) is 0 Å². The van der Waals surface area contributed by atoms with Crippen molar-refractivity contribution < 1.29 is 9.15 Å². The molecular formula is C17H22N2O2. The van der Waals surface area contributed by atoms with Gasteiger partial charge in [-0.1, -0.05) is 12.1 Å². The van der Waals surface area contributed by atoms with Gasteiger partial charge in [-0.05, 0) is 38.8 Å². The van der Waals surface area contributed by atoms with Gasteiger partial charge < -0.3 is 14.5 Å². The minimum Gasteiger partial charge on any atom is -0.491 e. The summed E-state index contributed by atoms with van der Waals surface area (Å²) in [6.45, 7) is 4.97. The van der Waals surface area contributed by atoms with E-state index in [0.29, 0.717) is 0 Å². The molecule has 0 spiro atoms. The first-order valence-electron chi connectivity index (χ1n) is 7.66. The maximum atomic E-state index is 5.83. The number of hydrogen-bond donors (Lipinski definition) is 1. The van der Waals surface area contributed by atoms with Crippen LogP contribution in [-0.4, -0.2) is 23.7 Å². The molecule has 1 aromatic heterocycles. The van der Waals surface area contributed by atoms with Crippen molar-refractivity contribution in [1.82, 2.24) is 10.3 Å². The smallest absolute Gasteiger partial charge is 0.196 e. The predicted molar refractivity (Wildman–Crippen MR) is 82.4 cm³/mol. The van der Waals surface area contributed by atoms with Gasteiger partial charge in [0.05, 0.1) is 12.3 Å². The van der Waals surface area contributed by atoms with Gasteiger partial charge in [0.25, 0.3) is 0 Å². The molecule has 0 radical (unpaired) electrons. The third kappa shape index (κ3) is 4.08. The molecule has 4 heteroatoms. The number of nitrogens with zero attached hydrogens (tertiary/aromatic N) is 1. The van der Waals surface area contributed by atoms with Crippen molar-refractivity contribution in [1.29, 1.82) is 0 Å². The van der Waals surface area contributed by atoms with Crippen LogP contribution in [0.2, 0.25) is 0 Å². The third-order valence-corrected chi connectivity index (χ3v) is 3.39. The van der Waals surface area contributed by atoms with E-state index in [0.717, 1.165) is 42.0 Å². The maximum Gasteiger partial charge on any atom is 0.196 e. The van der Waals surface area contributed by atoms with E-state index in [1.165, 1.54) is 12.8 Å². The van der Waals surface area contributed by atoms with Crippen LogP contribution in [0.5, 0.6) is 5.75 Å². The average Bonchev–Trinajstić information content (AvgIpc) is 3.14. The quantitative estimate of drug-likeness (QED) is 0.847. The molecule has 21 heavy (non-hydrogen) atoms. The Morgan fingerprint density at radius 1 is 1.38 bits per heavy atom. The molecule has 4 nitrogen and oxygen atoms in total. The summed E-state index contributed by atoms with van der Waals surface area (Å²) in [5, 5.41) is 3.46. The van der Waals surface area contributed by atoms with Gasteiger partial charge in [0.2, 0.25) is 0 Å². The van der Waals surface area contributed by atoms with Gasteiger partial charge in [-0.25, -0.2) is 4.98 Å². The second kappa shape index (κ2) is 6.31. The Kier molecular flexibility index (Phi) is 4.25. The molecular weight excluding hydrogens is 264 g/mol. The summed E-state index contributed by atoms with van der Waals surface area (Å²) in [5.74, 6) is 2.44. The van der Waals surface area contributed by atoms with Gasteiger partial charge in [-0.2, -0.15) is 0 Å². The predicted octanol–water partition coefficient (Wildman–Crippen LogP) is 3.42. The van der Waals surface area contributed by atoms with Crippen molar-refractivity contribution in [2.24, 2.45) is 0 Å². The summed E-state index contributed by atoms with van der Waals surface area (Å²) in [4.78, 5) is 4.35. The van der Waals surface area contributed by atoms with Crippen molar-refractivity contribution >= 4 is 0 Å². The van der Waals surface area contributed by atoms with E-state index in [9.17, 15) is 0 Å². The first kappa shape index (κ1) is 14.1. The summed E-state index contributed by atoms with van der Waals surface area (Å²) in [5.41, 5.74) is 1.00. The number of nitrogens with one attached hydrogen (secondary N) is 1. The van der Waals surface area contributed by atoms with Crippen LogP contribution in [0, 0.1) is 0 Å². The first-order valence-corrected chi connectivity index (χ1v) is 7.66. The first-order chi connectivity index (χ1) is 10.2. The van der Waals surface area contributed by atoms with E-state index < -0.39 is 0 Å². The largest absolute Gasteiger partial charge is 0.491 e. The topological polar surface area (TPSA) is 47.3 Å². The standard InChI is InChI=1S/C17H22N2O2/c1-12(2)20-15-5-3-4-13(10-15)16-11-19-17(21-16)8-9-18-14-6-7-14/h3-5,10-12,14,18H,6-9H2,1-2H3. The van der Waals surface area contributed by atoms with Crippen LogP contribution in [0.15, 0.2) is 34.9 Å². The lowest BCUT2D eigenvalue weighted by Gasteiger charge is -2.09. The molecule has 0 aliphatic heterocycles. The molecule has 1 aromatic carbocycles. The molecule has 1 aliphatic carbocycles. The molecule has 1 N–H and O–H groups in total. The van der Waals surface area contributed by atoms with Crippen LogP contribution in [-0.2, 0) is 6.42 Å². The Labute approximate surface area is 125 Å². The molecule has 0 bridgehead atoms. The number of oxazole rings is 1. The molecule has 1 aliphatic rings. The fourth-order valence-electron chi connectivity index (χ4n) is 2.22. The number of rotatable bonds is 7. The van der Waals surface area contributed by atoms with Gasteiger partial charge in [0, 0.05) is 24.6 Å². The Hall–Kier alpha value is -1.81. The van der Waals surface area contributed by atoms with Crippen molar-refractivity contribution in [3.05, 3.63) is 36.4 Å². The highest BCUT2D eigenvalue weighted by Gasteiger charge is 2.20. The van der Waals surface area contributed by atoms with Crippen LogP contribution < -0.4 is 10.1 Å². The molecule has 1 fully saturated rings. The Morgan fingerprint density at radius 2 is 2.24 bits per heavy atom. The van der Waals surface area contributed by atoms with Crippen LogP contribution in [0.4, 0.5) is 0 Å². The molecule has 2 aromatic rings. The lowest BCUT2D eigenvalue weighted by molar-refractivity contribution is 0.242. The van der Waals surface area contributed by atoms with Gasteiger partial charge in [0.1, 0.15) is 5.75 Å². The summed E-state index contributed by atoms with van der Waals surface area (Å²) in [6, 6.07) is 8.67. The normalized spacial score (nSPS) is 14.6. The molecule has 1 saturated carbocycles. The maximum absolute atomic E-state index is 5.83. The lowest BCUT2D eigenvalue weighted by Crippen LogP contribution is -2.19. The van der Waals surface area contributed by atoms with E-state index >= 15 is 0 Å². The Bertz CT molecular complexity index is 588. The minimum atomic E-state index is 0.166. The molecule has 0 unspecified atom stereocenters. The highest BCUT2D eigenvalue weighted by atomic mass is 16.5. The molecule has 0 amide bonds. The number of benzene rings is 1. The molecule has 1 heterocycles. The second-order valence-corrected chi connectivity index (χ2v) is 5.79. The fourth-order valence-corrected chi connectivity index (χ4v) is 2.22. The van der Waals surface area contributed by atoms with E-state index in [2.05, 4.69) is 10.3 Å². The van der Waals surface area contributed by atoms with Gasteiger partial charge in [0.15, 0.2) is 11.7 Å². The number of hydrogen-bond acceptors (Lipinski definition) is 4. The monoisotopic (exact) mass is 286 g/mol. The van der Waals surface area contributed by atoms with Gasteiger partial charge >= 0.3 is 0 Å².